The van der Waals surface area contributed by atoms with Gasteiger partial charge in [-0.05, 0) is 80.0 Å². The van der Waals surface area contributed by atoms with E-state index in [-0.39, 0.29) is 5.91 Å². The Balaban J connectivity index is 1.26. The van der Waals surface area contributed by atoms with Crippen LogP contribution >= 0.6 is 0 Å². The lowest BCUT2D eigenvalue weighted by atomic mass is 9.84. The van der Waals surface area contributed by atoms with E-state index in [2.05, 4.69) is 24.0 Å². The van der Waals surface area contributed by atoms with Gasteiger partial charge >= 0.3 is 0 Å². The number of ether oxygens (including phenoxy) is 1. The Labute approximate surface area is 201 Å². The number of piperidine rings is 2. The van der Waals surface area contributed by atoms with Crippen LogP contribution in [0.4, 0.5) is 0 Å². The molecule has 0 aliphatic carbocycles. The second kappa shape index (κ2) is 9.43. The maximum atomic E-state index is 12.8. The molecule has 2 saturated heterocycles. The van der Waals surface area contributed by atoms with Crippen molar-refractivity contribution in [2.75, 3.05) is 33.3 Å². The number of aryl methyl sites for hydroxylation is 1. The quantitative estimate of drug-likeness (QED) is 0.587. The number of rotatable bonds is 5. The minimum atomic E-state index is -0.866. The van der Waals surface area contributed by atoms with Gasteiger partial charge < -0.3 is 19.2 Å². The molecule has 6 nitrogen and oxygen atoms in total. The van der Waals surface area contributed by atoms with E-state index in [1.807, 2.05) is 35.2 Å². The second-order valence-corrected chi connectivity index (χ2v) is 9.83. The fraction of sp³-hybridized carbons (Fsp3) is 0.464. The lowest BCUT2D eigenvalue weighted by molar-refractivity contribution is -0.0276. The lowest BCUT2D eigenvalue weighted by Crippen LogP contribution is -2.42. The molecule has 0 bridgehead atoms. The zero-order chi connectivity index (χ0) is 23.7. The van der Waals surface area contributed by atoms with Crippen LogP contribution in [0.2, 0.25) is 0 Å². The van der Waals surface area contributed by atoms with Crippen LogP contribution < -0.4 is 4.74 Å². The van der Waals surface area contributed by atoms with Gasteiger partial charge in [-0.2, -0.15) is 0 Å². The molecule has 2 aliphatic rings. The van der Waals surface area contributed by atoms with E-state index >= 15 is 0 Å². The second-order valence-electron chi connectivity index (χ2n) is 9.83. The number of benzene rings is 2. The number of carbonyl (C=O) groups is 1. The van der Waals surface area contributed by atoms with Gasteiger partial charge in [0, 0.05) is 38.1 Å². The van der Waals surface area contributed by atoms with E-state index < -0.39 is 5.60 Å². The fourth-order valence-electron chi connectivity index (χ4n) is 5.36. The first kappa shape index (κ1) is 22.9. The number of nitrogens with zero attached hydrogens (tertiary/aromatic N) is 2. The number of hydrogen-bond donors (Lipinski definition) is 1. The summed E-state index contributed by atoms with van der Waals surface area (Å²) in [6.07, 6.45) is 4.63. The van der Waals surface area contributed by atoms with Gasteiger partial charge in [-0.25, -0.2) is 0 Å². The predicted octanol–water partition coefficient (Wildman–Crippen LogP) is 4.86. The number of aliphatic hydroxyl groups is 1. The van der Waals surface area contributed by atoms with Crippen LogP contribution in [0, 0.1) is 6.92 Å². The van der Waals surface area contributed by atoms with Crippen LogP contribution in [0.25, 0.3) is 11.0 Å². The van der Waals surface area contributed by atoms with Crippen LogP contribution in [-0.4, -0.2) is 54.1 Å². The normalized spacial score (nSPS) is 18.9. The summed E-state index contributed by atoms with van der Waals surface area (Å²) in [4.78, 5) is 17.1. The highest BCUT2D eigenvalue weighted by Gasteiger charge is 2.34. The molecule has 0 radical (unpaired) electrons. The maximum Gasteiger partial charge on any atom is 0.289 e. The van der Waals surface area contributed by atoms with Crippen molar-refractivity contribution in [3.05, 3.63) is 64.9 Å². The molecule has 2 aliphatic heterocycles. The van der Waals surface area contributed by atoms with Crippen molar-refractivity contribution in [1.82, 2.24) is 9.80 Å². The van der Waals surface area contributed by atoms with Crippen molar-refractivity contribution in [1.29, 1.82) is 0 Å². The topological polar surface area (TPSA) is 66.2 Å². The van der Waals surface area contributed by atoms with Crippen LogP contribution in [0.1, 0.15) is 59.3 Å². The molecule has 2 fully saturated rings. The van der Waals surface area contributed by atoms with Gasteiger partial charge in [0.05, 0.1) is 12.7 Å². The predicted molar refractivity (Wildman–Crippen MR) is 132 cm³/mol. The smallest absolute Gasteiger partial charge is 0.289 e. The lowest BCUT2D eigenvalue weighted by Gasteiger charge is -2.38. The molecule has 3 heterocycles. The van der Waals surface area contributed by atoms with Crippen molar-refractivity contribution >= 4 is 16.9 Å². The van der Waals surface area contributed by atoms with Gasteiger partial charge in [-0.3, -0.25) is 9.69 Å². The molecule has 5 rings (SSSR count). The third-order valence-electron chi connectivity index (χ3n) is 7.46. The third kappa shape index (κ3) is 4.57. The van der Waals surface area contributed by atoms with Gasteiger partial charge in [-0.1, -0.05) is 18.2 Å². The summed E-state index contributed by atoms with van der Waals surface area (Å²) in [5, 5.41) is 12.3. The molecule has 1 amide bonds. The number of hydrogen-bond acceptors (Lipinski definition) is 5. The van der Waals surface area contributed by atoms with Crippen LogP contribution in [-0.2, 0) is 12.1 Å². The molecule has 0 unspecified atom stereocenters. The number of fused-ring (bicyclic) bond motifs is 1. The van der Waals surface area contributed by atoms with Crippen molar-refractivity contribution < 1.29 is 19.1 Å². The molecule has 1 N–H and O–H groups in total. The highest BCUT2D eigenvalue weighted by Crippen LogP contribution is 2.36. The summed E-state index contributed by atoms with van der Waals surface area (Å²) < 4.78 is 11.2. The standard InChI is InChI=1S/C28H34N2O4/c1-20-16-21(6-8-24(20)33-2)19-29-14-10-28(32,11-15-29)23-7-9-25-22(17-23)18-26(34-25)27(31)30-12-4-3-5-13-30/h6-9,16-18,32H,3-5,10-15,19H2,1-2H3. The average molecular weight is 463 g/mol. The van der Waals surface area contributed by atoms with Gasteiger partial charge in [-0.15, -0.1) is 0 Å². The van der Waals surface area contributed by atoms with Gasteiger partial charge in [0.1, 0.15) is 11.3 Å². The molecule has 0 atom stereocenters. The minimum absolute atomic E-state index is 0.0294. The van der Waals surface area contributed by atoms with Gasteiger partial charge in [0.2, 0.25) is 0 Å². The zero-order valence-corrected chi connectivity index (χ0v) is 20.2. The molecule has 3 aromatic rings. The molecule has 180 valence electrons. The Morgan fingerprint density at radius 3 is 2.50 bits per heavy atom. The first-order chi connectivity index (χ1) is 16.4. The van der Waals surface area contributed by atoms with E-state index in [0.717, 1.165) is 67.8 Å². The maximum absolute atomic E-state index is 12.8. The SMILES string of the molecule is COc1ccc(CN2CCC(O)(c3ccc4oc(C(=O)N5CCCCC5)cc4c3)CC2)cc1C. The highest BCUT2D eigenvalue weighted by molar-refractivity contribution is 5.96. The first-order valence-electron chi connectivity index (χ1n) is 12.4. The van der Waals surface area contributed by atoms with Crippen LogP contribution in [0.15, 0.2) is 46.9 Å². The van der Waals surface area contributed by atoms with Crippen molar-refractivity contribution in [3.63, 3.8) is 0 Å². The summed E-state index contributed by atoms with van der Waals surface area (Å²) in [5.41, 5.74) is 3.13. The Hall–Kier alpha value is -2.83. The summed E-state index contributed by atoms with van der Waals surface area (Å²) in [6, 6.07) is 14.0. The van der Waals surface area contributed by atoms with Crippen LogP contribution in [0.3, 0.4) is 0 Å². The monoisotopic (exact) mass is 462 g/mol. The summed E-state index contributed by atoms with van der Waals surface area (Å²) in [7, 11) is 1.70. The third-order valence-corrected chi connectivity index (χ3v) is 7.46. The average Bonchev–Trinajstić information content (AvgIpc) is 3.29. The van der Waals surface area contributed by atoms with E-state index in [9.17, 15) is 9.90 Å². The van der Waals surface area contributed by atoms with E-state index in [4.69, 9.17) is 9.15 Å². The molecule has 0 spiro atoms. The first-order valence-corrected chi connectivity index (χ1v) is 12.4. The van der Waals surface area contributed by atoms with Crippen molar-refractivity contribution in [2.45, 2.75) is 51.2 Å². The summed E-state index contributed by atoms with van der Waals surface area (Å²) >= 11 is 0. The number of amides is 1. The minimum Gasteiger partial charge on any atom is -0.496 e. The molecule has 2 aromatic carbocycles. The van der Waals surface area contributed by atoms with E-state index in [1.165, 1.54) is 12.0 Å². The molecule has 1 aromatic heterocycles. The highest BCUT2D eigenvalue weighted by atomic mass is 16.5. The summed E-state index contributed by atoms with van der Waals surface area (Å²) in [6.45, 7) is 6.17. The van der Waals surface area contributed by atoms with E-state index in [1.54, 1.807) is 7.11 Å². The number of furan rings is 1. The largest absolute Gasteiger partial charge is 0.496 e. The molecule has 34 heavy (non-hydrogen) atoms. The fourth-order valence-corrected chi connectivity index (χ4v) is 5.36. The Bertz CT molecular complexity index is 1170. The summed E-state index contributed by atoms with van der Waals surface area (Å²) in [5.74, 6) is 1.27. The molecule has 6 heteroatoms. The zero-order valence-electron chi connectivity index (χ0n) is 20.2. The van der Waals surface area contributed by atoms with E-state index in [0.29, 0.717) is 24.2 Å². The Kier molecular flexibility index (Phi) is 6.36. The van der Waals surface area contributed by atoms with Crippen molar-refractivity contribution in [3.8, 4) is 5.75 Å². The Morgan fingerprint density at radius 2 is 1.79 bits per heavy atom. The Morgan fingerprint density at radius 1 is 1.03 bits per heavy atom. The van der Waals surface area contributed by atoms with Crippen molar-refractivity contribution in [2.24, 2.45) is 0 Å². The number of methoxy groups -OCH3 is 1. The molecular formula is C28H34N2O4. The van der Waals surface area contributed by atoms with Gasteiger partial charge in [0.15, 0.2) is 5.76 Å². The number of carbonyl (C=O) groups excluding carboxylic acids is 1. The number of likely N-dealkylation sites (tertiary alicyclic amines) is 2. The van der Waals surface area contributed by atoms with Gasteiger partial charge in [0.25, 0.3) is 5.91 Å². The molecule has 0 saturated carbocycles. The molecular weight excluding hydrogens is 428 g/mol. The van der Waals surface area contributed by atoms with Crippen LogP contribution in [0.5, 0.6) is 5.75 Å².